The van der Waals surface area contributed by atoms with Gasteiger partial charge in [0.05, 0.1) is 5.69 Å². The fourth-order valence-corrected chi connectivity index (χ4v) is 2.08. The van der Waals surface area contributed by atoms with Crippen LogP contribution < -0.4 is 5.73 Å². The van der Waals surface area contributed by atoms with Crippen molar-refractivity contribution in [2.75, 3.05) is 6.54 Å². The Bertz CT molecular complexity index is 526. The maximum atomic E-state index is 5.60. The van der Waals surface area contributed by atoms with Gasteiger partial charge in [0.25, 0.3) is 0 Å². The molecule has 0 bridgehead atoms. The number of imidazole rings is 1. The molecule has 0 saturated heterocycles. The second kappa shape index (κ2) is 4.72. The lowest BCUT2D eigenvalue weighted by Crippen LogP contribution is -2.08. The first-order chi connectivity index (χ1) is 8.15. The molecule has 0 amide bonds. The number of aromatic nitrogens is 2. The molecule has 1 heterocycles. The molecule has 0 aliphatic heterocycles. The van der Waals surface area contributed by atoms with Gasteiger partial charge in [-0.15, -0.1) is 0 Å². The minimum absolute atomic E-state index is 0.636. The van der Waals surface area contributed by atoms with Crippen molar-refractivity contribution in [1.29, 1.82) is 0 Å². The van der Waals surface area contributed by atoms with Crippen molar-refractivity contribution in [2.24, 2.45) is 12.8 Å². The summed E-state index contributed by atoms with van der Waals surface area (Å²) in [5.41, 5.74) is 10.3. The van der Waals surface area contributed by atoms with Gasteiger partial charge in [0.2, 0.25) is 0 Å². The van der Waals surface area contributed by atoms with Gasteiger partial charge in [-0.05, 0) is 26.0 Å². The maximum absolute atomic E-state index is 5.60. The second-order valence-corrected chi connectivity index (χ2v) is 4.37. The number of aryl methyl sites for hydroxylation is 1. The van der Waals surface area contributed by atoms with E-state index in [2.05, 4.69) is 49.7 Å². The second-order valence-electron chi connectivity index (χ2n) is 4.37. The van der Waals surface area contributed by atoms with E-state index in [9.17, 15) is 0 Å². The first-order valence-electron chi connectivity index (χ1n) is 5.93. The van der Waals surface area contributed by atoms with Crippen molar-refractivity contribution < 1.29 is 0 Å². The molecule has 2 aromatic rings. The Kier molecular flexibility index (Phi) is 3.29. The molecule has 0 aliphatic carbocycles. The zero-order valence-electron chi connectivity index (χ0n) is 10.7. The summed E-state index contributed by atoms with van der Waals surface area (Å²) in [6, 6.07) is 8.35. The van der Waals surface area contributed by atoms with Gasteiger partial charge in [0.1, 0.15) is 5.82 Å². The molecule has 2 N–H and O–H groups in total. The molecule has 1 aromatic carbocycles. The van der Waals surface area contributed by atoms with Crippen molar-refractivity contribution in [1.82, 2.24) is 9.55 Å². The van der Waals surface area contributed by atoms with Crippen LogP contribution in [-0.4, -0.2) is 16.1 Å². The molecule has 0 fully saturated rings. The third kappa shape index (κ3) is 2.11. The Morgan fingerprint density at radius 2 is 1.94 bits per heavy atom. The zero-order chi connectivity index (χ0) is 12.4. The number of rotatable bonds is 3. The standard InChI is InChI=1S/C14H19N3/c1-10-6-4-5-7-12(10)14-11(2)17(3)13(16-14)8-9-15/h4-7H,8-9,15H2,1-3H3. The highest BCUT2D eigenvalue weighted by molar-refractivity contribution is 5.65. The number of hydrogen-bond donors (Lipinski definition) is 1. The maximum Gasteiger partial charge on any atom is 0.110 e. The summed E-state index contributed by atoms with van der Waals surface area (Å²) < 4.78 is 2.13. The fraction of sp³-hybridized carbons (Fsp3) is 0.357. The van der Waals surface area contributed by atoms with Crippen LogP contribution in [0.2, 0.25) is 0 Å². The molecule has 90 valence electrons. The van der Waals surface area contributed by atoms with Gasteiger partial charge in [0, 0.05) is 24.7 Å². The van der Waals surface area contributed by atoms with Gasteiger partial charge in [-0.1, -0.05) is 24.3 Å². The minimum Gasteiger partial charge on any atom is -0.335 e. The largest absolute Gasteiger partial charge is 0.335 e. The lowest BCUT2D eigenvalue weighted by Gasteiger charge is -2.04. The first-order valence-corrected chi connectivity index (χ1v) is 5.93. The van der Waals surface area contributed by atoms with Crippen LogP contribution in [-0.2, 0) is 13.5 Å². The molecule has 0 atom stereocenters. The third-order valence-corrected chi connectivity index (χ3v) is 3.24. The molecule has 0 saturated carbocycles. The first kappa shape index (κ1) is 11.9. The Morgan fingerprint density at radius 3 is 2.59 bits per heavy atom. The highest BCUT2D eigenvalue weighted by Gasteiger charge is 2.13. The molecular formula is C14H19N3. The van der Waals surface area contributed by atoms with E-state index in [1.807, 2.05) is 0 Å². The Balaban J connectivity index is 2.53. The van der Waals surface area contributed by atoms with E-state index in [4.69, 9.17) is 10.7 Å². The number of nitrogens with zero attached hydrogens (tertiary/aromatic N) is 2. The van der Waals surface area contributed by atoms with Gasteiger partial charge in [0.15, 0.2) is 0 Å². The van der Waals surface area contributed by atoms with Gasteiger partial charge >= 0.3 is 0 Å². The van der Waals surface area contributed by atoms with Crippen LogP contribution in [0.3, 0.4) is 0 Å². The van der Waals surface area contributed by atoms with Gasteiger partial charge in [-0.2, -0.15) is 0 Å². The van der Waals surface area contributed by atoms with Crippen LogP contribution in [0.5, 0.6) is 0 Å². The van der Waals surface area contributed by atoms with Crippen LogP contribution in [0.4, 0.5) is 0 Å². The minimum atomic E-state index is 0.636. The molecule has 1 aromatic heterocycles. The predicted molar refractivity (Wildman–Crippen MR) is 70.9 cm³/mol. The van der Waals surface area contributed by atoms with Crippen LogP contribution in [0.15, 0.2) is 24.3 Å². The molecule has 3 heteroatoms. The average Bonchev–Trinajstić information content (AvgIpc) is 2.59. The molecule has 3 nitrogen and oxygen atoms in total. The van der Waals surface area contributed by atoms with Crippen LogP contribution in [0.25, 0.3) is 11.3 Å². The molecule has 0 radical (unpaired) electrons. The summed E-state index contributed by atoms with van der Waals surface area (Å²) in [5, 5.41) is 0. The van der Waals surface area contributed by atoms with Gasteiger partial charge in [-0.3, -0.25) is 0 Å². The molecular weight excluding hydrogens is 210 g/mol. The van der Waals surface area contributed by atoms with Crippen LogP contribution in [0, 0.1) is 13.8 Å². The normalized spacial score (nSPS) is 10.8. The number of benzene rings is 1. The molecule has 0 aliphatic rings. The van der Waals surface area contributed by atoms with Crippen molar-refractivity contribution in [3.8, 4) is 11.3 Å². The SMILES string of the molecule is Cc1ccccc1-c1nc(CCN)n(C)c1C. The number of nitrogens with two attached hydrogens (primary N) is 1. The topological polar surface area (TPSA) is 43.8 Å². The lowest BCUT2D eigenvalue weighted by molar-refractivity contribution is 0.761. The highest BCUT2D eigenvalue weighted by atomic mass is 15.1. The molecule has 0 unspecified atom stereocenters. The van der Waals surface area contributed by atoms with Crippen molar-refractivity contribution in [3.63, 3.8) is 0 Å². The third-order valence-electron chi connectivity index (χ3n) is 3.24. The highest BCUT2D eigenvalue weighted by Crippen LogP contribution is 2.25. The summed E-state index contributed by atoms with van der Waals surface area (Å²) >= 11 is 0. The van der Waals surface area contributed by atoms with E-state index in [-0.39, 0.29) is 0 Å². The van der Waals surface area contributed by atoms with E-state index in [1.54, 1.807) is 0 Å². The summed E-state index contributed by atoms with van der Waals surface area (Å²) in [6.07, 6.45) is 0.823. The summed E-state index contributed by atoms with van der Waals surface area (Å²) in [4.78, 5) is 4.71. The van der Waals surface area contributed by atoms with Crippen molar-refractivity contribution in [2.45, 2.75) is 20.3 Å². The van der Waals surface area contributed by atoms with Crippen molar-refractivity contribution >= 4 is 0 Å². The number of hydrogen-bond acceptors (Lipinski definition) is 2. The molecule has 0 spiro atoms. The summed E-state index contributed by atoms with van der Waals surface area (Å²) in [7, 11) is 2.05. The lowest BCUT2D eigenvalue weighted by atomic mass is 10.1. The van der Waals surface area contributed by atoms with E-state index >= 15 is 0 Å². The van der Waals surface area contributed by atoms with Crippen LogP contribution >= 0.6 is 0 Å². The van der Waals surface area contributed by atoms with Gasteiger partial charge in [-0.25, -0.2) is 4.98 Å². The van der Waals surface area contributed by atoms with E-state index in [0.29, 0.717) is 6.54 Å². The van der Waals surface area contributed by atoms with Crippen LogP contribution in [0.1, 0.15) is 17.1 Å². The van der Waals surface area contributed by atoms with E-state index in [1.165, 1.54) is 16.8 Å². The Labute approximate surface area is 102 Å². The molecule has 17 heavy (non-hydrogen) atoms. The van der Waals surface area contributed by atoms with E-state index in [0.717, 1.165) is 17.9 Å². The monoisotopic (exact) mass is 229 g/mol. The zero-order valence-corrected chi connectivity index (χ0v) is 10.7. The quantitative estimate of drug-likeness (QED) is 0.877. The Morgan fingerprint density at radius 1 is 1.24 bits per heavy atom. The predicted octanol–water partition coefficient (Wildman–Crippen LogP) is 2.21. The molecule has 2 rings (SSSR count). The fourth-order valence-electron chi connectivity index (χ4n) is 2.08. The van der Waals surface area contributed by atoms with Gasteiger partial charge < -0.3 is 10.3 Å². The smallest absolute Gasteiger partial charge is 0.110 e. The van der Waals surface area contributed by atoms with E-state index < -0.39 is 0 Å². The Hall–Kier alpha value is -1.61. The summed E-state index contributed by atoms with van der Waals surface area (Å²) in [5.74, 6) is 1.06. The van der Waals surface area contributed by atoms with Crippen molar-refractivity contribution in [3.05, 3.63) is 41.3 Å². The average molecular weight is 229 g/mol. The summed E-state index contributed by atoms with van der Waals surface area (Å²) in [6.45, 7) is 4.86.